The summed E-state index contributed by atoms with van der Waals surface area (Å²) in [6, 6.07) is 37.5. The van der Waals surface area contributed by atoms with Crippen LogP contribution in [0.2, 0.25) is 0 Å². The van der Waals surface area contributed by atoms with Gasteiger partial charge in [0, 0.05) is 62.8 Å². The van der Waals surface area contributed by atoms with Crippen molar-refractivity contribution in [2.75, 3.05) is 38.0 Å². The van der Waals surface area contributed by atoms with Crippen molar-refractivity contribution in [3.63, 3.8) is 0 Å². The minimum atomic E-state index is 0.627. The molecule has 0 N–H and O–H groups in total. The fraction of sp³-hybridized carbons (Fsp3) is 0.111. The van der Waals surface area contributed by atoms with Gasteiger partial charge in [-0.15, -0.1) is 0 Å². The predicted octanol–water partition coefficient (Wildman–Crippen LogP) is 8.77. The lowest BCUT2D eigenvalue weighted by Crippen LogP contribution is -2.07. The minimum absolute atomic E-state index is 0.627. The molecule has 7 aromatic rings. The molecule has 0 saturated heterocycles. The highest BCUT2D eigenvalue weighted by Crippen LogP contribution is 2.32. The molecule has 0 radical (unpaired) electrons. The Morgan fingerprint density at radius 3 is 1.02 bits per heavy atom. The molecule has 0 aliphatic carbocycles. The van der Waals surface area contributed by atoms with Crippen molar-refractivity contribution in [1.29, 1.82) is 0 Å². The SMILES string of the molecule is CN(C)c1ccc2nc(-c3ccc(-c4ccc(-c5ccc(-c6nc7ccc(N(C)C)cc7o6)cc5)cc4)cc3)oc2c1. The normalized spacial score (nSPS) is 11.3. The van der Waals surface area contributed by atoms with Gasteiger partial charge in [-0.2, -0.15) is 0 Å². The van der Waals surface area contributed by atoms with Crippen molar-refractivity contribution in [1.82, 2.24) is 9.97 Å². The second kappa shape index (κ2) is 10.2. The standard InChI is InChI=1S/C36H30N4O2/c1-39(2)29-17-19-31-33(21-29)41-35(37-31)27-13-9-25(10-14-27)23-5-7-24(8-6-23)26-11-15-28(16-12-26)36-38-32-20-18-30(40(3)4)22-34(32)42-36/h5-22H,1-4H3. The second-order valence-electron chi connectivity index (χ2n) is 10.9. The molecule has 0 bridgehead atoms. The van der Waals surface area contributed by atoms with Gasteiger partial charge in [0.15, 0.2) is 11.2 Å². The second-order valence-corrected chi connectivity index (χ2v) is 10.9. The fourth-order valence-corrected chi connectivity index (χ4v) is 5.10. The maximum Gasteiger partial charge on any atom is 0.227 e. The van der Waals surface area contributed by atoms with Crippen LogP contribution in [0.5, 0.6) is 0 Å². The maximum absolute atomic E-state index is 6.07. The van der Waals surface area contributed by atoms with Crippen LogP contribution in [-0.2, 0) is 0 Å². The van der Waals surface area contributed by atoms with Crippen LogP contribution in [0.1, 0.15) is 0 Å². The topological polar surface area (TPSA) is 58.5 Å². The Bertz CT molecular complexity index is 1870. The van der Waals surface area contributed by atoms with Crippen LogP contribution < -0.4 is 9.80 Å². The number of nitrogens with zero attached hydrogens (tertiary/aromatic N) is 4. The highest BCUT2D eigenvalue weighted by Gasteiger charge is 2.12. The molecule has 0 saturated carbocycles. The Labute approximate surface area is 244 Å². The van der Waals surface area contributed by atoms with E-state index in [0.29, 0.717) is 11.8 Å². The highest BCUT2D eigenvalue weighted by atomic mass is 16.4. The average Bonchev–Trinajstić information content (AvgIpc) is 3.65. The van der Waals surface area contributed by atoms with Gasteiger partial charge in [0.25, 0.3) is 0 Å². The number of hydrogen-bond donors (Lipinski definition) is 0. The van der Waals surface area contributed by atoms with E-state index in [1.54, 1.807) is 0 Å². The number of rotatable bonds is 6. The van der Waals surface area contributed by atoms with E-state index >= 15 is 0 Å². The number of oxazole rings is 2. The number of anilines is 2. The van der Waals surface area contributed by atoms with Crippen molar-refractivity contribution < 1.29 is 8.83 Å². The molecule has 2 aromatic heterocycles. The molecule has 42 heavy (non-hydrogen) atoms. The summed E-state index contributed by atoms with van der Waals surface area (Å²) in [6.07, 6.45) is 0. The third-order valence-electron chi connectivity index (χ3n) is 7.59. The van der Waals surface area contributed by atoms with Gasteiger partial charge in [0.2, 0.25) is 11.8 Å². The molecular formula is C36H30N4O2. The molecule has 0 spiro atoms. The van der Waals surface area contributed by atoms with Crippen molar-refractivity contribution in [3.05, 3.63) is 109 Å². The Hall–Kier alpha value is -5.36. The summed E-state index contributed by atoms with van der Waals surface area (Å²) in [7, 11) is 8.06. The van der Waals surface area contributed by atoms with E-state index < -0.39 is 0 Å². The molecule has 6 nitrogen and oxygen atoms in total. The summed E-state index contributed by atoms with van der Waals surface area (Å²) in [5.74, 6) is 1.25. The van der Waals surface area contributed by atoms with Gasteiger partial charge < -0.3 is 18.6 Å². The van der Waals surface area contributed by atoms with Gasteiger partial charge in [-0.3, -0.25) is 0 Å². The van der Waals surface area contributed by atoms with Crippen LogP contribution in [0, 0.1) is 0 Å². The van der Waals surface area contributed by atoms with E-state index in [1.165, 1.54) is 0 Å². The van der Waals surface area contributed by atoms with Crippen LogP contribution in [0.15, 0.2) is 118 Å². The average molecular weight is 551 g/mol. The van der Waals surface area contributed by atoms with Gasteiger partial charge in [-0.05, 0) is 70.8 Å². The molecule has 0 atom stereocenters. The Balaban J connectivity index is 1.08. The zero-order valence-electron chi connectivity index (χ0n) is 24.0. The Kier molecular flexibility index (Phi) is 6.24. The highest BCUT2D eigenvalue weighted by molar-refractivity contribution is 5.82. The third-order valence-corrected chi connectivity index (χ3v) is 7.59. The first-order chi connectivity index (χ1) is 20.4. The van der Waals surface area contributed by atoms with Crippen LogP contribution in [0.25, 0.3) is 67.4 Å². The number of benzene rings is 5. The van der Waals surface area contributed by atoms with E-state index in [2.05, 4.69) is 105 Å². The van der Waals surface area contributed by atoms with Crippen molar-refractivity contribution in [2.45, 2.75) is 0 Å². The largest absolute Gasteiger partial charge is 0.436 e. The number of fused-ring (bicyclic) bond motifs is 2. The first-order valence-corrected chi connectivity index (χ1v) is 13.9. The first kappa shape index (κ1) is 25.6. The zero-order chi connectivity index (χ0) is 28.8. The van der Waals surface area contributed by atoms with Crippen LogP contribution in [-0.4, -0.2) is 38.2 Å². The van der Waals surface area contributed by atoms with E-state index in [4.69, 9.17) is 8.83 Å². The maximum atomic E-state index is 6.07. The summed E-state index contributed by atoms with van der Waals surface area (Å²) in [5, 5.41) is 0. The molecule has 0 amide bonds. The van der Waals surface area contributed by atoms with Gasteiger partial charge in [0.1, 0.15) is 11.0 Å². The molecular weight excluding hydrogens is 520 g/mol. The Morgan fingerprint density at radius 2 is 0.714 bits per heavy atom. The summed E-state index contributed by atoms with van der Waals surface area (Å²) in [5.41, 5.74) is 11.9. The fourth-order valence-electron chi connectivity index (χ4n) is 5.10. The predicted molar refractivity (Wildman–Crippen MR) is 172 cm³/mol. The minimum Gasteiger partial charge on any atom is -0.436 e. The summed E-state index contributed by atoms with van der Waals surface area (Å²) < 4.78 is 12.1. The molecule has 0 aliphatic rings. The van der Waals surface area contributed by atoms with E-state index in [1.807, 2.05) is 52.5 Å². The van der Waals surface area contributed by atoms with Gasteiger partial charge >= 0.3 is 0 Å². The van der Waals surface area contributed by atoms with Crippen LogP contribution in [0.3, 0.4) is 0 Å². The van der Waals surface area contributed by atoms with Crippen molar-refractivity contribution in [3.8, 4) is 45.2 Å². The summed E-state index contributed by atoms with van der Waals surface area (Å²) >= 11 is 0. The van der Waals surface area contributed by atoms with E-state index in [-0.39, 0.29) is 0 Å². The molecule has 6 heteroatoms. The van der Waals surface area contributed by atoms with Crippen LogP contribution in [0.4, 0.5) is 11.4 Å². The summed E-state index contributed by atoms with van der Waals surface area (Å²) in [4.78, 5) is 13.5. The Morgan fingerprint density at radius 1 is 0.405 bits per heavy atom. The monoisotopic (exact) mass is 550 g/mol. The smallest absolute Gasteiger partial charge is 0.227 e. The lowest BCUT2D eigenvalue weighted by atomic mass is 9.99. The molecule has 5 aromatic carbocycles. The van der Waals surface area contributed by atoms with Gasteiger partial charge in [-0.25, -0.2) is 9.97 Å². The first-order valence-electron chi connectivity index (χ1n) is 13.9. The van der Waals surface area contributed by atoms with E-state index in [9.17, 15) is 0 Å². The molecule has 0 unspecified atom stereocenters. The quantitative estimate of drug-likeness (QED) is 0.206. The molecule has 0 fully saturated rings. The van der Waals surface area contributed by atoms with Gasteiger partial charge in [0.05, 0.1) is 0 Å². The van der Waals surface area contributed by atoms with Crippen LogP contribution >= 0.6 is 0 Å². The zero-order valence-corrected chi connectivity index (χ0v) is 24.0. The molecule has 7 rings (SSSR count). The lowest BCUT2D eigenvalue weighted by Gasteiger charge is -2.10. The van der Waals surface area contributed by atoms with Crippen molar-refractivity contribution >= 4 is 33.6 Å². The number of hydrogen-bond acceptors (Lipinski definition) is 6. The molecule has 206 valence electrons. The lowest BCUT2D eigenvalue weighted by molar-refractivity contribution is 0.619. The molecule has 0 aliphatic heterocycles. The number of aromatic nitrogens is 2. The third kappa shape index (κ3) is 4.77. The molecule has 2 heterocycles. The summed E-state index contributed by atoms with van der Waals surface area (Å²) in [6.45, 7) is 0. The van der Waals surface area contributed by atoms with E-state index in [0.717, 1.165) is 67.0 Å². The van der Waals surface area contributed by atoms with Gasteiger partial charge in [-0.1, -0.05) is 48.5 Å². The van der Waals surface area contributed by atoms with Crippen molar-refractivity contribution in [2.24, 2.45) is 0 Å².